The summed E-state index contributed by atoms with van der Waals surface area (Å²) < 4.78 is 11.5. The molecule has 0 aromatic heterocycles. The smallest absolute Gasteiger partial charge is 0.412 e. The molecule has 8 heteroatoms. The Morgan fingerprint density at radius 2 is 1.54 bits per heavy atom. The SMILES string of the molecule is CO[C@H](/C=C/C(=O)Nc1ccccc1N)[C@H](OC(=O)Nc1ccccc1)c1ccc(O)c2ccccc12. The highest BCUT2D eigenvalue weighted by atomic mass is 16.6. The number of amides is 2. The van der Waals surface area contributed by atoms with Crippen molar-refractivity contribution < 1.29 is 24.2 Å². The van der Waals surface area contributed by atoms with Crippen LogP contribution in [-0.4, -0.2) is 30.3 Å². The van der Waals surface area contributed by atoms with Gasteiger partial charge in [-0.3, -0.25) is 10.1 Å². The summed E-state index contributed by atoms with van der Waals surface area (Å²) in [5, 5.41) is 17.0. The van der Waals surface area contributed by atoms with Crippen LogP contribution in [0.4, 0.5) is 21.9 Å². The van der Waals surface area contributed by atoms with Crippen molar-refractivity contribution in [2.24, 2.45) is 0 Å². The summed E-state index contributed by atoms with van der Waals surface area (Å²) in [5.74, 6) is -0.334. The van der Waals surface area contributed by atoms with Gasteiger partial charge in [-0.15, -0.1) is 0 Å². The van der Waals surface area contributed by atoms with E-state index in [4.69, 9.17) is 15.2 Å². The molecule has 0 spiro atoms. The largest absolute Gasteiger partial charge is 0.507 e. The van der Waals surface area contributed by atoms with Gasteiger partial charge in [0.05, 0.1) is 11.4 Å². The third-order valence-electron chi connectivity index (χ3n) is 5.72. The number of carbonyl (C=O) groups excluding carboxylic acids is 2. The normalized spacial score (nSPS) is 12.7. The summed E-state index contributed by atoms with van der Waals surface area (Å²) in [6.07, 6.45) is 0.314. The molecule has 0 saturated carbocycles. The van der Waals surface area contributed by atoms with E-state index in [0.717, 1.165) is 0 Å². The van der Waals surface area contributed by atoms with E-state index in [1.165, 1.54) is 25.3 Å². The number of aromatic hydroxyl groups is 1. The predicted octanol–water partition coefficient (Wildman–Crippen LogP) is 5.63. The van der Waals surface area contributed by atoms with Gasteiger partial charge in [-0.25, -0.2) is 4.79 Å². The van der Waals surface area contributed by atoms with Crippen LogP contribution in [-0.2, 0) is 14.3 Å². The molecule has 0 aliphatic heterocycles. The van der Waals surface area contributed by atoms with Gasteiger partial charge >= 0.3 is 6.09 Å². The van der Waals surface area contributed by atoms with Crippen molar-refractivity contribution in [3.63, 3.8) is 0 Å². The number of carbonyl (C=O) groups is 2. The molecule has 2 amide bonds. The number of nitrogen functional groups attached to an aromatic ring is 1. The molecule has 0 radical (unpaired) electrons. The van der Waals surface area contributed by atoms with E-state index in [9.17, 15) is 14.7 Å². The summed E-state index contributed by atoms with van der Waals surface area (Å²) in [7, 11) is 1.45. The standard InChI is InChI=1S/C29H27N3O5/c1-36-26(17-18-27(34)32-24-14-8-7-13-23(24)30)28(37-29(35)31-19-9-3-2-4-10-19)22-15-16-25(33)21-12-6-5-11-20(21)22/h2-18,26,28,33H,30H2,1H3,(H,31,35)(H,32,34)/b18-17+/t26-,28-/m1/s1. The van der Waals surface area contributed by atoms with Crippen molar-refractivity contribution in [3.8, 4) is 5.75 Å². The Kier molecular flexibility index (Phi) is 8.02. The van der Waals surface area contributed by atoms with Crippen molar-refractivity contribution in [2.45, 2.75) is 12.2 Å². The average Bonchev–Trinajstić information content (AvgIpc) is 2.91. The number of para-hydroxylation sites is 3. The first-order valence-corrected chi connectivity index (χ1v) is 11.6. The summed E-state index contributed by atoms with van der Waals surface area (Å²) in [5.41, 5.74) is 7.98. The highest BCUT2D eigenvalue weighted by Crippen LogP contribution is 2.35. The van der Waals surface area contributed by atoms with Crippen molar-refractivity contribution in [1.29, 1.82) is 0 Å². The van der Waals surface area contributed by atoms with Gasteiger partial charge in [-0.1, -0.05) is 60.7 Å². The fourth-order valence-corrected chi connectivity index (χ4v) is 3.92. The first-order chi connectivity index (χ1) is 18.0. The lowest BCUT2D eigenvalue weighted by molar-refractivity contribution is -0.112. The van der Waals surface area contributed by atoms with Crippen molar-refractivity contribution in [3.05, 3.63) is 109 Å². The molecule has 4 rings (SSSR count). The maximum absolute atomic E-state index is 12.9. The first-order valence-electron chi connectivity index (χ1n) is 11.6. The minimum atomic E-state index is -0.954. The highest BCUT2D eigenvalue weighted by molar-refractivity contribution is 6.01. The predicted molar refractivity (Wildman–Crippen MR) is 144 cm³/mol. The number of methoxy groups -OCH3 is 1. The van der Waals surface area contributed by atoms with Crippen LogP contribution in [0.1, 0.15) is 11.7 Å². The Morgan fingerprint density at radius 3 is 2.27 bits per heavy atom. The molecule has 4 aromatic carbocycles. The quantitative estimate of drug-likeness (QED) is 0.185. The minimum absolute atomic E-state index is 0.0937. The van der Waals surface area contributed by atoms with E-state index in [-0.39, 0.29) is 5.75 Å². The Bertz CT molecular complexity index is 1420. The third kappa shape index (κ3) is 6.25. The molecule has 0 fully saturated rings. The molecular weight excluding hydrogens is 470 g/mol. The Balaban J connectivity index is 1.64. The van der Waals surface area contributed by atoms with Gasteiger partial charge in [0.1, 0.15) is 11.9 Å². The molecule has 0 heterocycles. The summed E-state index contributed by atoms with van der Waals surface area (Å²) in [4.78, 5) is 25.5. The van der Waals surface area contributed by atoms with E-state index in [1.54, 1.807) is 66.7 Å². The number of hydrogen-bond acceptors (Lipinski definition) is 6. The van der Waals surface area contributed by atoms with Crippen LogP contribution in [0.25, 0.3) is 10.8 Å². The lowest BCUT2D eigenvalue weighted by atomic mass is 9.96. The third-order valence-corrected chi connectivity index (χ3v) is 5.72. The molecule has 37 heavy (non-hydrogen) atoms. The van der Waals surface area contributed by atoms with E-state index < -0.39 is 24.2 Å². The summed E-state index contributed by atoms with van der Waals surface area (Å²) >= 11 is 0. The Hall–Kier alpha value is -4.82. The second-order valence-electron chi connectivity index (χ2n) is 8.17. The van der Waals surface area contributed by atoms with Crippen LogP contribution in [0.3, 0.4) is 0 Å². The fraction of sp³-hybridized carbons (Fsp3) is 0.103. The lowest BCUT2D eigenvalue weighted by Gasteiger charge is -2.26. The van der Waals surface area contributed by atoms with Crippen LogP contribution in [0.5, 0.6) is 5.75 Å². The molecule has 5 N–H and O–H groups in total. The van der Waals surface area contributed by atoms with Crippen LogP contribution < -0.4 is 16.4 Å². The van der Waals surface area contributed by atoms with E-state index in [1.807, 2.05) is 18.2 Å². The van der Waals surface area contributed by atoms with Gasteiger partial charge in [0, 0.05) is 29.8 Å². The van der Waals surface area contributed by atoms with Crippen LogP contribution in [0.2, 0.25) is 0 Å². The second kappa shape index (κ2) is 11.7. The lowest BCUT2D eigenvalue weighted by Crippen LogP contribution is -2.27. The zero-order valence-corrected chi connectivity index (χ0v) is 20.1. The molecule has 188 valence electrons. The number of phenolic OH excluding ortho intramolecular Hbond substituents is 1. The zero-order chi connectivity index (χ0) is 26.2. The van der Waals surface area contributed by atoms with Gasteiger partial charge in [0.15, 0.2) is 6.10 Å². The molecule has 8 nitrogen and oxygen atoms in total. The average molecular weight is 498 g/mol. The van der Waals surface area contributed by atoms with Crippen molar-refractivity contribution in [2.75, 3.05) is 23.5 Å². The van der Waals surface area contributed by atoms with Gasteiger partial charge in [0.2, 0.25) is 5.91 Å². The molecule has 4 aromatic rings. The maximum atomic E-state index is 12.9. The number of phenols is 1. The molecule has 0 bridgehead atoms. The Labute approximate surface area is 214 Å². The minimum Gasteiger partial charge on any atom is -0.507 e. The van der Waals surface area contributed by atoms with Crippen LogP contribution in [0.15, 0.2) is 103 Å². The van der Waals surface area contributed by atoms with Gasteiger partial charge in [-0.05, 0) is 41.8 Å². The van der Waals surface area contributed by atoms with Gasteiger partial charge in [-0.2, -0.15) is 0 Å². The highest BCUT2D eigenvalue weighted by Gasteiger charge is 2.28. The molecule has 0 aliphatic carbocycles. The monoisotopic (exact) mass is 497 g/mol. The topological polar surface area (TPSA) is 123 Å². The van der Waals surface area contributed by atoms with E-state index >= 15 is 0 Å². The number of anilines is 3. The molecule has 0 aliphatic rings. The van der Waals surface area contributed by atoms with Gasteiger partial charge in [0.25, 0.3) is 0 Å². The van der Waals surface area contributed by atoms with Crippen molar-refractivity contribution in [1.82, 2.24) is 0 Å². The number of ether oxygens (including phenoxy) is 2. The number of nitrogens with one attached hydrogen (secondary N) is 2. The van der Waals surface area contributed by atoms with Crippen LogP contribution >= 0.6 is 0 Å². The number of fused-ring (bicyclic) bond motifs is 1. The molecule has 0 unspecified atom stereocenters. The molecule has 0 saturated heterocycles. The number of hydrogen-bond donors (Lipinski definition) is 4. The molecule has 2 atom stereocenters. The maximum Gasteiger partial charge on any atom is 0.412 e. The second-order valence-corrected chi connectivity index (χ2v) is 8.17. The van der Waals surface area contributed by atoms with E-state index in [0.29, 0.717) is 33.4 Å². The fourth-order valence-electron chi connectivity index (χ4n) is 3.92. The summed E-state index contributed by atoms with van der Waals surface area (Å²) in [6.45, 7) is 0. The van der Waals surface area contributed by atoms with Crippen LogP contribution in [0, 0.1) is 0 Å². The van der Waals surface area contributed by atoms with Crippen molar-refractivity contribution >= 4 is 39.8 Å². The molecular formula is C29H27N3O5. The zero-order valence-electron chi connectivity index (χ0n) is 20.1. The van der Waals surface area contributed by atoms with Gasteiger partial charge < -0.3 is 25.6 Å². The van der Waals surface area contributed by atoms with E-state index in [2.05, 4.69) is 10.6 Å². The first kappa shape index (κ1) is 25.3. The summed E-state index contributed by atoms with van der Waals surface area (Å²) in [6, 6.07) is 26.2. The Morgan fingerprint density at radius 1 is 0.865 bits per heavy atom. The number of benzene rings is 4. The number of rotatable bonds is 8. The number of nitrogens with two attached hydrogens (primary N) is 1.